The Morgan fingerprint density at radius 2 is 2.04 bits per heavy atom. The number of ether oxygens (including phenoxy) is 1. The van der Waals surface area contributed by atoms with Gasteiger partial charge < -0.3 is 10.1 Å². The van der Waals surface area contributed by atoms with E-state index in [1.807, 2.05) is 31.2 Å². The van der Waals surface area contributed by atoms with Crippen LogP contribution in [0.25, 0.3) is 6.08 Å². The number of hydrogen-bond acceptors (Lipinski definition) is 4. The first-order valence-electron chi connectivity index (χ1n) is 7.08. The van der Waals surface area contributed by atoms with Gasteiger partial charge in [-0.05, 0) is 55.9 Å². The number of thiocarbonyl (C=S) groups is 1. The predicted octanol–water partition coefficient (Wildman–Crippen LogP) is 3.64. The van der Waals surface area contributed by atoms with Gasteiger partial charge in [0.05, 0.1) is 12.8 Å². The number of nitrogens with one attached hydrogen (secondary N) is 1. The van der Waals surface area contributed by atoms with Crippen LogP contribution in [0.3, 0.4) is 0 Å². The van der Waals surface area contributed by atoms with Gasteiger partial charge in [-0.1, -0.05) is 12.1 Å². The van der Waals surface area contributed by atoms with E-state index >= 15 is 0 Å². The number of hydrogen-bond donors (Lipinski definition) is 1. The van der Waals surface area contributed by atoms with Crippen LogP contribution in [0.4, 0.5) is 5.69 Å². The highest BCUT2D eigenvalue weighted by Gasteiger charge is 2.33. The van der Waals surface area contributed by atoms with Crippen molar-refractivity contribution >= 4 is 46.3 Å². The van der Waals surface area contributed by atoms with E-state index in [2.05, 4.69) is 18.3 Å². The molecule has 1 aromatic carbocycles. The molecular weight excluding hydrogens is 328 g/mol. The summed E-state index contributed by atoms with van der Waals surface area (Å²) in [6, 6.07) is 9.39. The van der Waals surface area contributed by atoms with Crippen molar-refractivity contribution in [3.63, 3.8) is 0 Å². The smallest absolute Gasteiger partial charge is 0.281 e. The summed E-state index contributed by atoms with van der Waals surface area (Å²) in [5, 5.41) is 3.36. The maximum atomic E-state index is 12.8. The molecule has 0 saturated carbocycles. The Kier molecular flexibility index (Phi) is 4.19. The number of rotatable bonds is 3. The van der Waals surface area contributed by atoms with Crippen molar-refractivity contribution in [1.82, 2.24) is 5.32 Å². The molecule has 0 bridgehead atoms. The van der Waals surface area contributed by atoms with Gasteiger partial charge in [-0.3, -0.25) is 4.79 Å². The van der Waals surface area contributed by atoms with Crippen molar-refractivity contribution in [2.24, 2.45) is 0 Å². The molecule has 1 aliphatic rings. The molecule has 3 rings (SSSR count). The topological polar surface area (TPSA) is 41.6 Å². The minimum Gasteiger partial charge on any atom is -0.495 e. The van der Waals surface area contributed by atoms with E-state index in [9.17, 15) is 4.79 Å². The molecule has 0 aliphatic carbocycles. The summed E-state index contributed by atoms with van der Waals surface area (Å²) >= 11 is 7.05. The van der Waals surface area contributed by atoms with Crippen molar-refractivity contribution in [3.8, 4) is 5.75 Å². The van der Waals surface area contributed by atoms with Crippen LogP contribution in [0.15, 0.2) is 36.0 Å². The lowest BCUT2D eigenvalue weighted by Crippen LogP contribution is -2.30. The Hall–Kier alpha value is -2.18. The second kappa shape index (κ2) is 6.14. The highest BCUT2D eigenvalue weighted by atomic mass is 32.1. The Bertz CT molecular complexity index is 824. The molecule has 1 saturated heterocycles. The number of nitrogens with zero attached hydrogens (tertiary/aromatic N) is 1. The molecule has 1 amide bonds. The van der Waals surface area contributed by atoms with Gasteiger partial charge in [0.25, 0.3) is 5.91 Å². The van der Waals surface area contributed by atoms with Crippen LogP contribution < -0.4 is 15.0 Å². The van der Waals surface area contributed by atoms with E-state index in [-0.39, 0.29) is 5.91 Å². The molecule has 0 unspecified atom stereocenters. The highest BCUT2D eigenvalue weighted by molar-refractivity contribution is 7.80. The van der Waals surface area contributed by atoms with Gasteiger partial charge in [0.2, 0.25) is 0 Å². The lowest BCUT2D eigenvalue weighted by molar-refractivity contribution is -0.113. The van der Waals surface area contributed by atoms with Crippen molar-refractivity contribution in [1.29, 1.82) is 0 Å². The standard InChI is InChI=1S/C17H16N2O2S2/c1-10-8-12(11(2)23-10)9-13-16(20)19(17(22)18-13)14-6-4-5-7-15(14)21-3/h4-9H,1-3H3,(H,18,22)/b13-9+. The Balaban J connectivity index is 1.99. The second-order valence-electron chi connectivity index (χ2n) is 5.17. The lowest BCUT2D eigenvalue weighted by atomic mass is 10.2. The Morgan fingerprint density at radius 1 is 1.30 bits per heavy atom. The SMILES string of the molecule is COc1ccccc1N1C(=O)/C(=C\c2cc(C)sc2C)NC1=S. The molecule has 0 atom stereocenters. The zero-order valence-corrected chi connectivity index (χ0v) is 14.7. The molecule has 2 aromatic rings. The normalized spacial score (nSPS) is 16.1. The number of aryl methyl sites for hydroxylation is 2. The van der Waals surface area contributed by atoms with Gasteiger partial charge >= 0.3 is 0 Å². The molecule has 1 fully saturated rings. The quantitative estimate of drug-likeness (QED) is 0.682. The Labute approximate surface area is 144 Å². The van der Waals surface area contributed by atoms with E-state index in [4.69, 9.17) is 17.0 Å². The number of para-hydroxylation sites is 2. The van der Waals surface area contributed by atoms with Crippen molar-refractivity contribution in [3.05, 3.63) is 51.3 Å². The first-order valence-corrected chi connectivity index (χ1v) is 8.31. The van der Waals surface area contributed by atoms with Crippen molar-refractivity contribution in [2.75, 3.05) is 12.0 Å². The van der Waals surface area contributed by atoms with Crippen molar-refractivity contribution in [2.45, 2.75) is 13.8 Å². The summed E-state index contributed by atoms with van der Waals surface area (Å²) in [5.41, 5.74) is 2.15. The third-order valence-corrected chi connectivity index (χ3v) is 4.85. The molecule has 1 N–H and O–H groups in total. The minimum atomic E-state index is -0.178. The van der Waals surface area contributed by atoms with Gasteiger partial charge in [-0.2, -0.15) is 0 Å². The molecule has 1 aliphatic heterocycles. The zero-order chi connectivity index (χ0) is 16.6. The number of carbonyl (C=O) groups excluding carboxylic acids is 1. The van der Waals surface area contributed by atoms with Crippen LogP contribution in [0.2, 0.25) is 0 Å². The molecule has 23 heavy (non-hydrogen) atoms. The molecule has 2 heterocycles. The third-order valence-electron chi connectivity index (χ3n) is 3.58. The van der Waals surface area contributed by atoms with E-state index in [1.165, 1.54) is 14.7 Å². The average molecular weight is 344 g/mol. The van der Waals surface area contributed by atoms with Crippen LogP contribution >= 0.6 is 23.6 Å². The first-order chi connectivity index (χ1) is 11.0. The van der Waals surface area contributed by atoms with Gasteiger partial charge in [-0.25, -0.2) is 4.90 Å². The molecule has 1 aromatic heterocycles. The largest absolute Gasteiger partial charge is 0.495 e. The van der Waals surface area contributed by atoms with Crippen LogP contribution in [0.5, 0.6) is 5.75 Å². The number of amides is 1. The maximum Gasteiger partial charge on any atom is 0.281 e. The van der Waals surface area contributed by atoms with E-state index in [1.54, 1.807) is 24.5 Å². The lowest BCUT2D eigenvalue weighted by Gasteiger charge is -2.17. The van der Waals surface area contributed by atoms with Crippen LogP contribution in [0, 0.1) is 13.8 Å². The zero-order valence-electron chi connectivity index (χ0n) is 13.0. The summed E-state index contributed by atoms with van der Waals surface area (Å²) in [7, 11) is 1.57. The minimum absolute atomic E-state index is 0.178. The number of carbonyl (C=O) groups is 1. The van der Waals surface area contributed by atoms with Gasteiger partial charge in [0.1, 0.15) is 11.4 Å². The summed E-state index contributed by atoms with van der Waals surface area (Å²) in [5.74, 6) is 0.427. The Morgan fingerprint density at radius 3 is 2.70 bits per heavy atom. The highest BCUT2D eigenvalue weighted by Crippen LogP contribution is 2.32. The van der Waals surface area contributed by atoms with Crippen LogP contribution in [-0.2, 0) is 4.79 Å². The summed E-state index contributed by atoms with van der Waals surface area (Å²) in [6.07, 6.45) is 1.85. The van der Waals surface area contributed by atoms with Crippen LogP contribution in [-0.4, -0.2) is 18.1 Å². The number of thiophene rings is 1. The number of benzene rings is 1. The fraction of sp³-hybridized carbons (Fsp3) is 0.176. The number of methoxy groups -OCH3 is 1. The fourth-order valence-electron chi connectivity index (χ4n) is 2.52. The number of anilines is 1. The van der Waals surface area contributed by atoms with Crippen LogP contribution in [0.1, 0.15) is 15.3 Å². The molecular formula is C17H16N2O2S2. The monoisotopic (exact) mass is 344 g/mol. The summed E-state index contributed by atoms with van der Waals surface area (Å²) in [4.78, 5) is 16.6. The van der Waals surface area contributed by atoms with E-state index in [0.717, 1.165) is 5.56 Å². The fourth-order valence-corrected chi connectivity index (χ4v) is 3.71. The summed E-state index contributed by atoms with van der Waals surface area (Å²) in [6.45, 7) is 4.09. The molecule has 4 nitrogen and oxygen atoms in total. The molecule has 118 valence electrons. The maximum absolute atomic E-state index is 12.8. The van der Waals surface area contributed by atoms with Gasteiger partial charge in [0, 0.05) is 9.75 Å². The molecule has 0 radical (unpaired) electrons. The first kappa shape index (κ1) is 15.7. The second-order valence-corrected chi connectivity index (χ2v) is 7.02. The van der Waals surface area contributed by atoms with E-state index < -0.39 is 0 Å². The molecule has 0 spiro atoms. The van der Waals surface area contributed by atoms with Gasteiger partial charge in [0.15, 0.2) is 5.11 Å². The summed E-state index contributed by atoms with van der Waals surface area (Å²) < 4.78 is 5.33. The van der Waals surface area contributed by atoms with E-state index in [0.29, 0.717) is 22.2 Å². The average Bonchev–Trinajstić information content (AvgIpc) is 2.98. The molecule has 6 heteroatoms. The van der Waals surface area contributed by atoms with Crippen molar-refractivity contribution < 1.29 is 9.53 Å². The third kappa shape index (κ3) is 2.87. The van der Waals surface area contributed by atoms with Gasteiger partial charge in [-0.15, -0.1) is 11.3 Å². The predicted molar refractivity (Wildman–Crippen MR) is 98.0 cm³/mol.